The van der Waals surface area contributed by atoms with E-state index < -0.39 is 0 Å². The van der Waals surface area contributed by atoms with E-state index >= 15 is 0 Å². The van der Waals surface area contributed by atoms with Gasteiger partial charge in [0.05, 0.1) is 24.1 Å². The number of nitrogens with one attached hydrogen (secondary N) is 1. The molecule has 0 aliphatic carbocycles. The van der Waals surface area contributed by atoms with E-state index in [-0.39, 0.29) is 0 Å². The second-order valence-electron chi connectivity index (χ2n) is 4.58. The molecule has 1 N–H and O–H groups in total. The van der Waals surface area contributed by atoms with Crippen molar-refractivity contribution in [2.24, 2.45) is 0 Å². The smallest absolute Gasteiger partial charge is 0.117 e. The number of benzene rings is 1. The third kappa shape index (κ3) is 2.95. The van der Waals surface area contributed by atoms with Gasteiger partial charge >= 0.3 is 0 Å². The van der Waals surface area contributed by atoms with Crippen LogP contribution in [-0.2, 0) is 13.1 Å². The minimum absolute atomic E-state index is 0.659. The highest BCUT2D eigenvalue weighted by Crippen LogP contribution is 2.06. The maximum Gasteiger partial charge on any atom is 0.117 e. The Labute approximate surface area is 117 Å². The zero-order valence-corrected chi connectivity index (χ0v) is 11.3. The van der Waals surface area contributed by atoms with E-state index in [4.69, 9.17) is 4.42 Å². The monoisotopic (exact) mass is 268 g/mol. The van der Waals surface area contributed by atoms with Crippen LogP contribution in [0.5, 0.6) is 0 Å². The van der Waals surface area contributed by atoms with E-state index in [1.54, 1.807) is 11.0 Å². The molecule has 3 rings (SSSR count). The highest BCUT2D eigenvalue weighted by Gasteiger charge is 2.03. The molecule has 0 atom stereocenters. The molecule has 5 heteroatoms. The van der Waals surface area contributed by atoms with Gasteiger partial charge in [-0.3, -0.25) is 0 Å². The topological polar surface area (TPSA) is 55.9 Å². The summed E-state index contributed by atoms with van der Waals surface area (Å²) in [6, 6.07) is 13.8. The van der Waals surface area contributed by atoms with Gasteiger partial charge < -0.3 is 9.73 Å². The van der Waals surface area contributed by atoms with Crippen LogP contribution in [0.25, 0.3) is 5.69 Å². The lowest BCUT2D eigenvalue weighted by Gasteiger charge is -2.00. The minimum Gasteiger partial charge on any atom is -0.465 e. The number of rotatable bonds is 5. The van der Waals surface area contributed by atoms with E-state index in [0.717, 1.165) is 22.9 Å². The number of hydrogen-bond acceptors (Lipinski definition) is 4. The van der Waals surface area contributed by atoms with Crippen LogP contribution in [0, 0.1) is 6.92 Å². The van der Waals surface area contributed by atoms with Crippen LogP contribution in [0.15, 0.2) is 53.1 Å². The summed E-state index contributed by atoms with van der Waals surface area (Å²) in [7, 11) is 0. The van der Waals surface area contributed by atoms with Crippen LogP contribution in [0.2, 0.25) is 0 Å². The second-order valence-corrected chi connectivity index (χ2v) is 4.58. The molecule has 0 amide bonds. The summed E-state index contributed by atoms with van der Waals surface area (Å²) in [5.41, 5.74) is 1.86. The zero-order chi connectivity index (χ0) is 13.8. The van der Waals surface area contributed by atoms with Crippen molar-refractivity contribution in [1.82, 2.24) is 20.3 Å². The first kappa shape index (κ1) is 12.6. The summed E-state index contributed by atoms with van der Waals surface area (Å²) in [5, 5.41) is 12.0. The third-order valence-corrected chi connectivity index (χ3v) is 2.93. The van der Waals surface area contributed by atoms with E-state index in [9.17, 15) is 0 Å². The molecule has 3 aromatic rings. The molecule has 0 aliphatic rings. The lowest BCUT2D eigenvalue weighted by atomic mass is 10.3. The molecular formula is C15H16N4O. The molecule has 0 radical (unpaired) electrons. The maximum atomic E-state index is 5.49. The van der Waals surface area contributed by atoms with Gasteiger partial charge in [-0.15, -0.1) is 0 Å². The summed E-state index contributed by atoms with van der Waals surface area (Å²) in [6.07, 6.45) is 1.77. The Balaban J connectivity index is 1.58. The van der Waals surface area contributed by atoms with Gasteiger partial charge in [-0.05, 0) is 31.2 Å². The molecule has 1 aromatic carbocycles. The molecule has 0 aliphatic heterocycles. The second kappa shape index (κ2) is 5.71. The van der Waals surface area contributed by atoms with Crippen LogP contribution >= 0.6 is 0 Å². The van der Waals surface area contributed by atoms with Crippen molar-refractivity contribution in [2.75, 3.05) is 0 Å². The van der Waals surface area contributed by atoms with Gasteiger partial charge in [0.25, 0.3) is 0 Å². The molecule has 0 saturated heterocycles. The molecule has 2 heterocycles. The predicted octanol–water partition coefficient (Wildman–Crippen LogP) is 2.46. The van der Waals surface area contributed by atoms with Gasteiger partial charge in [-0.2, -0.15) is 15.0 Å². The number of aryl methyl sites for hydroxylation is 1. The van der Waals surface area contributed by atoms with Crippen molar-refractivity contribution in [1.29, 1.82) is 0 Å². The summed E-state index contributed by atoms with van der Waals surface area (Å²) in [4.78, 5) is 1.63. The van der Waals surface area contributed by atoms with Gasteiger partial charge in [0.15, 0.2) is 0 Å². The largest absolute Gasteiger partial charge is 0.465 e. The average Bonchev–Trinajstić information content (AvgIpc) is 3.09. The molecule has 0 unspecified atom stereocenters. The molecule has 0 fully saturated rings. The van der Waals surface area contributed by atoms with Crippen LogP contribution < -0.4 is 5.32 Å². The average molecular weight is 268 g/mol. The molecule has 0 spiro atoms. The van der Waals surface area contributed by atoms with E-state index in [0.29, 0.717) is 13.1 Å². The van der Waals surface area contributed by atoms with Crippen molar-refractivity contribution in [3.8, 4) is 5.69 Å². The molecule has 0 bridgehead atoms. The van der Waals surface area contributed by atoms with Crippen molar-refractivity contribution in [2.45, 2.75) is 20.0 Å². The van der Waals surface area contributed by atoms with Crippen molar-refractivity contribution in [3.05, 3.63) is 65.9 Å². The Bertz CT molecular complexity index is 672. The Morgan fingerprint density at radius 3 is 2.70 bits per heavy atom. The number of nitrogens with zero attached hydrogens (tertiary/aromatic N) is 3. The standard InChI is InChI=1S/C15H16N4O/c1-12-7-8-15(20-12)11-16-9-13-10-17-19(18-13)14-5-3-2-4-6-14/h2-8,10,16H,9,11H2,1H3. The third-order valence-electron chi connectivity index (χ3n) is 2.93. The van der Waals surface area contributed by atoms with Gasteiger partial charge in [-0.1, -0.05) is 18.2 Å². The first-order valence-electron chi connectivity index (χ1n) is 6.54. The summed E-state index contributed by atoms with van der Waals surface area (Å²) in [6.45, 7) is 3.29. The van der Waals surface area contributed by atoms with Crippen LogP contribution in [0.4, 0.5) is 0 Å². The molecule has 2 aromatic heterocycles. The van der Waals surface area contributed by atoms with Crippen LogP contribution in [0.3, 0.4) is 0 Å². The Morgan fingerprint density at radius 1 is 1.10 bits per heavy atom. The van der Waals surface area contributed by atoms with E-state index in [1.165, 1.54) is 0 Å². The van der Waals surface area contributed by atoms with Crippen molar-refractivity contribution in [3.63, 3.8) is 0 Å². The highest BCUT2D eigenvalue weighted by molar-refractivity contribution is 5.28. The lowest BCUT2D eigenvalue weighted by molar-refractivity contribution is 0.460. The van der Waals surface area contributed by atoms with E-state index in [2.05, 4.69) is 15.5 Å². The number of hydrogen-bond donors (Lipinski definition) is 1. The Kier molecular flexibility index (Phi) is 3.60. The Hall–Kier alpha value is -2.40. The first-order valence-corrected chi connectivity index (χ1v) is 6.54. The lowest BCUT2D eigenvalue weighted by Crippen LogP contribution is -2.12. The van der Waals surface area contributed by atoms with E-state index in [1.807, 2.05) is 49.4 Å². The molecule has 5 nitrogen and oxygen atoms in total. The zero-order valence-electron chi connectivity index (χ0n) is 11.3. The highest BCUT2D eigenvalue weighted by atomic mass is 16.3. The summed E-state index contributed by atoms with van der Waals surface area (Å²) >= 11 is 0. The molecule has 0 saturated carbocycles. The Morgan fingerprint density at radius 2 is 1.95 bits per heavy atom. The number of aromatic nitrogens is 3. The van der Waals surface area contributed by atoms with Gasteiger partial charge in [0, 0.05) is 6.54 Å². The summed E-state index contributed by atoms with van der Waals surface area (Å²) in [5.74, 6) is 1.86. The number of para-hydroxylation sites is 1. The van der Waals surface area contributed by atoms with Gasteiger partial charge in [0.1, 0.15) is 11.5 Å². The van der Waals surface area contributed by atoms with Crippen LogP contribution in [0.1, 0.15) is 17.2 Å². The molecule has 20 heavy (non-hydrogen) atoms. The fourth-order valence-corrected chi connectivity index (χ4v) is 1.96. The van der Waals surface area contributed by atoms with Crippen LogP contribution in [-0.4, -0.2) is 15.0 Å². The van der Waals surface area contributed by atoms with Gasteiger partial charge in [-0.25, -0.2) is 0 Å². The summed E-state index contributed by atoms with van der Waals surface area (Å²) < 4.78 is 5.49. The van der Waals surface area contributed by atoms with Crippen molar-refractivity contribution < 1.29 is 4.42 Å². The quantitative estimate of drug-likeness (QED) is 0.772. The maximum absolute atomic E-state index is 5.49. The predicted molar refractivity (Wildman–Crippen MR) is 75.3 cm³/mol. The van der Waals surface area contributed by atoms with Gasteiger partial charge in [0.2, 0.25) is 0 Å². The minimum atomic E-state index is 0.659. The normalized spacial score (nSPS) is 10.8. The molecular weight excluding hydrogens is 252 g/mol. The van der Waals surface area contributed by atoms with Crippen molar-refractivity contribution >= 4 is 0 Å². The fourth-order valence-electron chi connectivity index (χ4n) is 1.96. The number of furan rings is 1. The molecule has 102 valence electrons. The first-order chi connectivity index (χ1) is 9.81. The fraction of sp³-hybridized carbons (Fsp3) is 0.200. The SMILES string of the molecule is Cc1ccc(CNCc2cnn(-c3ccccc3)n2)o1.